The van der Waals surface area contributed by atoms with Crippen LogP contribution in [0.2, 0.25) is 0 Å². The summed E-state index contributed by atoms with van der Waals surface area (Å²) in [6, 6.07) is 5.36. The zero-order valence-corrected chi connectivity index (χ0v) is 13.2. The van der Waals surface area contributed by atoms with Gasteiger partial charge in [0.2, 0.25) is 5.88 Å². The second-order valence-corrected chi connectivity index (χ2v) is 6.59. The van der Waals surface area contributed by atoms with Gasteiger partial charge in [-0.05, 0) is 19.4 Å². The van der Waals surface area contributed by atoms with Crippen LogP contribution in [0.5, 0.6) is 5.88 Å². The molecule has 116 valence electrons. The Kier molecular flexibility index (Phi) is 6.55. The van der Waals surface area contributed by atoms with Crippen LogP contribution >= 0.6 is 0 Å². The zero-order chi connectivity index (χ0) is 15.9. The maximum Gasteiger partial charge on any atom is 0.279 e. The van der Waals surface area contributed by atoms with Crippen molar-refractivity contribution < 1.29 is 13.2 Å². The molecule has 7 nitrogen and oxygen atoms in total. The number of nitriles is 1. The lowest BCUT2D eigenvalue weighted by atomic mass is 10.3. The van der Waals surface area contributed by atoms with Gasteiger partial charge in [-0.2, -0.15) is 22.7 Å². The number of ether oxygens (including phenoxy) is 1. The van der Waals surface area contributed by atoms with Crippen molar-refractivity contribution in [1.29, 1.82) is 5.26 Å². The summed E-state index contributed by atoms with van der Waals surface area (Å²) >= 11 is 0. The number of rotatable bonds is 8. The average molecular weight is 312 g/mol. The molecule has 8 heteroatoms. The van der Waals surface area contributed by atoms with E-state index < -0.39 is 10.2 Å². The number of nitrogens with zero attached hydrogens (tertiary/aromatic N) is 3. The fraction of sp³-hybridized carbons (Fsp3) is 0.538. The van der Waals surface area contributed by atoms with Gasteiger partial charge in [-0.3, -0.25) is 0 Å². The predicted octanol–water partition coefficient (Wildman–Crippen LogP) is 1.05. The molecule has 0 aliphatic rings. The Morgan fingerprint density at radius 3 is 2.71 bits per heavy atom. The first kappa shape index (κ1) is 17.4. The van der Waals surface area contributed by atoms with Crippen LogP contribution in [0.3, 0.4) is 0 Å². The minimum Gasteiger partial charge on any atom is -0.475 e. The second-order valence-electron chi connectivity index (χ2n) is 4.73. The molecule has 1 aromatic heterocycles. The monoisotopic (exact) mass is 312 g/mol. The normalized spacial score (nSPS) is 11.6. The first-order chi connectivity index (χ1) is 9.85. The summed E-state index contributed by atoms with van der Waals surface area (Å²) < 4.78 is 32.7. The summed E-state index contributed by atoms with van der Waals surface area (Å²) in [5, 5.41) is 8.47. The molecule has 0 bridgehead atoms. The maximum absolute atomic E-state index is 11.9. The van der Waals surface area contributed by atoms with Crippen molar-refractivity contribution in [1.82, 2.24) is 14.0 Å². The largest absolute Gasteiger partial charge is 0.475 e. The summed E-state index contributed by atoms with van der Waals surface area (Å²) in [5.41, 5.74) is 0.725. The molecule has 1 aromatic rings. The molecule has 0 saturated heterocycles. The van der Waals surface area contributed by atoms with Crippen molar-refractivity contribution in [2.24, 2.45) is 0 Å². The lowest BCUT2D eigenvalue weighted by Gasteiger charge is -2.16. The van der Waals surface area contributed by atoms with Crippen molar-refractivity contribution in [2.75, 3.05) is 13.6 Å². The van der Waals surface area contributed by atoms with Crippen molar-refractivity contribution in [3.05, 3.63) is 23.9 Å². The zero-order valence-electron chi connectivity index (χ0n) is 12.4. The summed E-state index contributed by atoms with van der Waals surface area (Å²) in [5.74, 6) is 0.503. The van der Waals surface area contributed by atoms with Crippen molar-refractivity contribution in [2.45, 2.75) is 32.9 Å². The molecular formula is C13H20N4O3S. The molecule has 1 heterocycles. The van der Waals surface area contributed by atoms with E-state index in [0.717, 1.165) is 9.87 Å². The minimum absolute atomic E-state index is 0.0376. The predicted molar refractivity (Wildman–Crippen MR) is 78.6 cm³/mol. The van der Waals surface area contributed by atoms with E-state index in [-0.39, 0.29) is 25.6 Å². The summed E-state index contributed by atoms with van der Waals surface area (Å²) in [4.78, 5) is 4.10. The van der Waals surface area contributed by atoms with Gasteiger partial charge in [0.1, 0.15) is 0 Å². The third-order valence-electron chi connectivity index (χ3n) is 2.56. The van der Waals surface area contributed by atoms with E-state index in [4.69, 9.17) is 10.00 Å². The SMILES string of the molecule is CC(C)Oc1ccc(CNS(=O)(=O)N(C)CCC#N)cn1. The Morgan fingerprint density at radius 2 is 2.19 bits per heavy atom. The Hall–Kier alpha value is -1.69. The number of pyridine rings is 1. The van der Waals surface area contributed by atoms with E-state index in [0.29, 0.717) is 5.88 Å². The van der Waals surface area contributed by atoms with Crippen LogP contribution in [0.15, 0.2) is 18.3 Å². The highest BCUT2D eigenvalue weighted by Gasteiger charge is 2.16. The summed E-state index contributed by atoms with van der Waals surface area (Å²) in [7, 11) is -2.16. The highest BCUT2D eigenvalue weighted by Crippen LogP contribution is 2.09. The Morgan fingerprint density at radius 1 is 1.48 bits per heavy atom. The Labute approximate surface area is 125 Å². The highest BCUT2D eigenvalue weighted by molar-refractivity contribution is 7.87. The van der Waals surface area contributed by atoms with E-state index >= 15 is 0 Å². The lowest BCUT2D eigenvalue weighted by Crippen LogP contribution is -2.38. The average Bonchev–Trinajstić information content (AvgIpc) is 2.43. The van der Waals surface area contributed by atoms with Crippen molar-refractivity contribution in [3.8, 4) is 11.9 Å². The topological polar surface area (TPSA) is 95.3 Å². The molecule has 0 amide bonds. The maximum atomic E-state index is 11.9. The molecule has 1 N–H and O–H groups in total. The van der Waals surface area contributed by atoms with E-state index in [1.54, 1.807) is 18.3 Å². The molecular weight excluding hydrogens is 292 g/mol. The van der Waals surface area contributed by atoms with Crippen LogP contribution in [-0.4, -0.2) is 37.4 Å². The summed E-state index contributed by atoms with van der Waals surface area (Å²) in [6.45, 7) is 4.10. The number of hydrogen-bond acceptors (Lipinski definition) is 5. The van der Waals surface area contributed by atoms with Crippen molar-refractivity contribution in [3.63, 3.8) is 0 Å². The quantitative estimate of drug-likeness (QED) is 0.774. The molecule has 0 fully saturated rings. The van der Waals surface area contributed by atoms with Crippen LogP contribution in [0.1, 0.15) is 25.8 Å². The minimum atomic E-state index is -3.59. The standard InChI is InChI=1S/C13H20N4O3S/c1-11(2)20-13-6-5-12(9-15-13)10-16-21(18,19)17(3)8-4-7-14/h5-6,9,11,16H,4,8,10H2,1-3H3. The van der Waals surface area contributed by atoms with Crippen LogP contribution in [0.25, 0.3) is 0 Å². The van der Waals surface area contributed by atoms with Gasteiger partial charge in [0, 0.05) is 38.8 Å². The summed E-state index contributed by atoms with van der Waals surface area (Å²) in [6.07, 6.45) is 1.76. The molecule has 0 radical (unpaired) electrons. The molecule has 1 rings (SSSR count). The number of nitrogens with one attached hydrogen (secondary N) is 1. The van der Waals surface area contributed by atoms with Crippen LogP contribution in [-0.2, 0) is 16.8 Å². The third-order valence-corrected chi connectivity index (χ3v) is 4.07. The highest BCUT2D eigenvalue weighted by atomic mass is 32.2. The van der Waals surface area contributed by atoms with Gasteiger partial charge in [-0.25, -0.2) is 4.98 Å². The smallest absolute Gasteiger partial charge is 0.279 e. The molecule has 0 aromatic carbocycles. The molecule has 21 heavy (non-hydrogen) atoms. The first-order valence-electron chi connectivity index (χ1n) is 6.54. The number of hydrogen-bond donors (Lipinski definition) is 1. The van der Waals surface area contributed by atoms with E-state index in [1.165, 1.54) is 7.05 Å². The van der Waals surface area contributed by atoms with E-state index in [2.05, 4.69) is 9.71 Å². The number of aromatic nitrogens is 1. The van der Waals surface area contributed by atoms with Crippen LogP contribution in [0, 0.1) is 11.3 Å². The molecule has 0 aliphatic carbocycles. The molecule has 0 spiro atoms. The van der Waals surface area contributed by atoms with Crippen LogP contribution < -0.4 is 9.46 Å². The Balaban J connectivity index is 2.56. The van der Waals surface area contributed by atoms with Gasteiger partial charge in [-0.1, -0.05) is 6.07 Å². The van der Waals surface area contributed by atoms with Gasteiger partial charge in [0.25, 0.3) is 10.2 Å². The molecule has 0 atom stereocenters. The molecule has 0 aliphatic heterocycles. The fourth-order valence-corrected chi connectivity index (χ4v) is 2.34. The van der Waals surface area contributed by atoms with Crippen molar-refractivity contribution >= 4 is 10.2 Å². The third kappa shape index (κ3) is 6.08. The fourth-order valence-electron chi connectivity index (χ4n) is 1.44. The van der Waals surface area contributed by atoms with E-state index in [1.807, 2.05) is 19.9 Å². The first-order valence-corrected chi connectivity index (χ1v) is 7.98. The Bertz CT molecular complexity index is 578. The van der Waals surface area contributed by atoms with Gasteiger partial charge >= 0.3 is 0 Å². The second kappa shape index (κ2) is 7.93. The van der Waals surface area contributed by atoms with Gasteiger partial charge in [0.15, 0.2) is 0 Å². The van der Waals surface area contributed by atoms with Gasteiger partial charge in [-0.15, -0.1) is 0 Å². The van der Waals surface area contributed by atoms with Gasteiger partial charge < -0.3 is 4.74 Å². The molecule has 0 saturated carbocycles. The van der Waals surface area contributed by atoms with E-state index in [9.17, 15) is 8.42 Å². The van der Waals surface area contributed by atoms with Gasteiger partial charge in [0.05, 0.1) is 12.2 Å². The van der Waals surface area contributed by atoms with Crippen LogP contribution in [0.4, 0.5) is 0 Å². The lowest BCUT2D eigenvalue weighted by molar-refractivity contribution is 0.232. The molecule has 0 unspecified atom stereocenters.